The van der Waals surface area contributed by atoms with Gasteiger partial charge in [0.15, 0.2) is 25.5 Å². The normalized spacial score (nSPS) is 12.2. The monoisotopic (exact) mass is 475 g/mol. The third-order valence-electron chi connectivity index (χ3n) is 5.07. The number of carbonyl (C=O) groups excluding carboxylic acids is 2. The van der Waals surface area contributed by atoms with E-state index in [0.717, 1.165) is 0 Å². The topological polar surface area (TPSA) is 107 Å². The van der Waals surface area contributed by atoms with Crippen LogP contribution in [-0.2, 0) is 19.7 Å². The maximum Gasteiger partial charge on any atom is 0.211 e. The quantitative estimate of drug-likeness (QED) is 0.437. The standard InChI is InChI=1S/C23H25NO6S2/c1-4-13-31(27,28)22-19-12-11-18(16(3)25)15-24(19)20(23(22)32(29,30)14-5-2)21(26)17-9-7-6-8-10-17/h6-12,15H,4-5,13-14H2,1-3H3. The summed E-state index contributed by atoms with van der Waals surface area (Å²) >= 11 is 0. The molecule has 7 nitrogen and oxygen atoms in total. The van der Waals surface area contributed by atoms with E-state index in [2.05, 4.69) is 0 Å². The second-order valence-electron chi connectivity index (χ2n) is 7.57. The molecular formula is C23H25NO6S2. The van der Waals surface area contributed by atoms with Gasteiger partial charge < -0.3 is 4.40 Å². The first-order valence-corrected chi connectivity index (χ1v) is 13.6. The highest BCUT2D eigenvalue weighted by Crippen LogP contribution is 2.36. The van der Waals surface area contributed by atoms with Crippen molar-refractivity contribution in [2.75, 3.05) is 11.5 Å². The van der Waals surface area contributed by atoms with Crippen LogP contribution in [0.1, 0.15) is 60.0 Å². The first-order chi connectivity index (χ1) is 15.0. The van der Waals surface area contributed by atoms with Gasteiger partial charge in [-0.15, -0.1) is 0 Å². The zero-order chi connectivity index (χ0) is 23.7. The summed E-state index contributed by atoms with van der Waals surface area (Å²) in [5, 5.41) is 0. The molecule has 2 aromatic heterocycles. The SMILES string of the molecule is CCCS(=O)(=O)c1c(S(=O)(=O)CCC)c2ccc(C(C)=O)cn2c1C(=O)c1ccccc1. The fourth-order valence-electron chi connectivity index (χ4n) is 3.68. The van der Waals surface area contributed by atoms with E-state index in [1.807, 2.05) is 0 Å². The number of aromatic nitrogens is 1. The number of sulfone groups is 2. The lowest BCUT2D eigenvalue weighted by atomic mass is 10.1. The Kier molecular flexibility index (Phi) is 6.71. The first-order valence-electron chi connectivity index (χ1n) is 10.3. The van der Waals surface area contributed by atoms with Gasteiger partial charge in [0.25, 0.3) is 0 Å². The van der Waals surface area contributed by atoms with Crippen molar-refractivity contribution in [3.63, 3.8) is 0 Å². The van der Waals surface area contributed by atoms with Crippen molar-refractivity contribution >= 4 is 36.8 Å². The van der Waals surface area contributed by atoms with Gasteiger partial charge in [-0.05, 0) is 31.9 Å². The van der Waals surface area contributed by atoms with Gasteiger partial charge in [-0.1, -0.05) is 44.2 Å². The van der Waals surface area contributed by atoms with Crippen LogP contribution in [0.15, 0.2) is 58.5 Å². The van der Waals surface area contributed by atoms with Crippen molar-refractivity contribution in [2.45, 2.75) is 43.4 Å². The van der Waals surface area contributed by atoms with Crippen LogP contribution < -0.4 is 0 Å². The number of hydrogen-bond acceptors (Lipinski definition) is 6. The molecule has 0 aliphatic rings. The van der Waals surface area contributed by atoms with Crippen molar-refractivity contribution in [3.8, 4) is 0 Å². The Labute approximate surface area is 187 Å². The van der Waals surface area contributed by atoms with E-state index >= 15 is 0 Å². The molecule has 0 saturated heterocycles. The lowest BCUT2D eigenvalue weighted by molar-refractivity contribution is 0.101. The summed E-state index contributed by atoms with van der Waals surface area (Å²) in [5.41, 5.74) is 0.246. The van der Waals surface area contributed by atoms with E-state index in [0.29, 0.717) is 0 Å². The average Bonchev–Trinajstić information content (AvgIpc) is 3.10. The Bertz CT molecular complexity index is 1400. The Morgan fingerprint density at radius 3 is 1.88 bits per heavy atom. The number of rotatable bonds is 9. The molecule has 0 bridgehead atoms. The number of hydrogen-bond donors (Lipinski definition) is 0. The number of fused-ring (bicyclic) bond motifs is 1. The van der Waals surface area contributed by atoms with Crippen LogP contribution in [0, 0.1) is 0 Å². The first kappa shape index (κ1) is 23.9. The number of benzene rings is 1. The summed E-state index contributed by atoms with van der Waals surface area (Å²) in [6.45, 7) is 4.69. The van der Waals surface area contributed by atoms with Gasteiger partial charge >= 0.3 is 0 Å². The molecular weight excluding hydrogens is 450 g/mol. The van der Waals surface area contributed by atoms with Gasteiger partial charge in [0.05, 0.1) is 17.0 Å². The van der Waals surface area contributed by atoms with E-state index in [4.69, 9.17) is 0 Å². The molecule has 9 heteroatoms. The van der Waals surface area contributed by atoms with Crippen molar-refractivity contribution < 1.29 is 26.4 Å². The van der Waals surface area contributed by atoms with Gasteiger partial charge in [-0.25, -0.2) is 16.8 Å². The van der Waals surface area contributed by atoms with Gasteiger partial charge in [0, 0.05) is 17.3 Å². The maximum absolute atomic E-state index is 13.5. The van der Waals surface area contributed by atoms with Crippen LogP contribution in [0.3, 0.4) is 0 Å². The average molecular weight is 476 g/mol. The molecule has 0 spiro atoms. The lowest BCUT2D eigenvalue weighted by Gasteiger charge is -2.09. The van der Waals surface area contributed by atoms with E-state index in [9.17, 15) is 26.4 Å². The van der Waals surface area contributed by atoms with E-state index in [1.54, 1.807) is 32.0 Å². The molecule has 0 radical (unpaired) electrons. The second-order valence-corrected chi connectivity index (χ2v) is 11.7. The fourth-order valence-corrected chi connectivity index (χ4v) is 7.66. The zero-order valence-electron chi connectivity index (χ0n) is 18.2. The lowest BCUT2D eigenvalue weighted by Crippen LogP contribution is -2.17. The summed E-state index contributed by atoms with van der Waals surface area (Å²) < 4.78 is 54.5. The Balaban J connectivity index is 2.57. The van der Waals surface area contributed by atoms with E-state index in [1.165, 1.54) is 41.8 Å². The third-order valence-corrected chi connectivity index (χ3v) is 9.14. The van der Waals surface area contributed by atoms with Gasteiger partial charge in [-0.2, -0.15) is 0 Å². The number of pyridine rings is 1. The largest absolute Gasteiger partial charge is 0.310 e. The van der Waals surface area contributed by atoms with Crippen molar-refractivity contribution in [1.29, 1.82) is 0 Å². The second kappa shape index (κ2) is 8.99. The summed E-state index contributed by atoms with van der Waals surface area (Å²) in [7, 11) is -8.16. The molecule has 2 heterocycles. The highest BCUT2D eigenvalue weighted by Gasteiger charge is 2.37. The van der Waals surface area contributed by atoms with E-state index in [-0.39, 0.29) is 57.4 Å². The predicted octanol–water partition coefficient (Wildman–Crippen LogP) is 3.74. The number of carbonyl (C=O) groups is 2. The van der Waals surface area contributed by atoms with Gasteiger partial charge in [0.1, 0.15) is 15.5 Å². The Hall–Kier alpha value is -2.78. The van der Waals surface area contributed by atoms with Crippen LogP contribution in [0.2, 0.25) is 0 Å². The Morgan fingerprint density at radius 1 is 0.781 bits per heavy atom. The smallest absolute Gasteiger partial charge is 0.211 e. The number of ketones is 2. The van der Waals surface area contributed by atoms with Crippen molar-refractivity contribution in [3.05, 3.63) is 65.5 Å². The molecule has 0 N–H and O–H groups in total. The molecule has 0 aliphatic carbocycles. The molecule has 0 aliphatic heterocycles. The summed E-state index contributed by atoms with van der Waals surface area (Å²) in [4.78, 5) is 24.7. The third kappa shape index (κ3) is 4.27. The Morgan fingerprint density at radius 2 is 1.34 bits per heavy atom. The molecule has 0 atom stereocenters. The molecule has 3 rings (SSSR count). The molecule has 0 saturated carbocycles. The van der Waals surface area contributed by atoms with Crippen LogP contribution >= 0.6 is 0 Å². The maximum atomic E-state index is 13.5. The molecule has 170 valence electrons. The number of Topliss-reactive ketones (excluding diaryl/α,β-unsaturated/α-hetero) is 1. The van der Waals surface area contributed by atoms with Crippen LogP contribution in [0.25, 0.3) is 5.52 Å². The highest BCUT2D eigenvalue weighted by molar-refractivity contribution is 7.94. The van der Waals surface area contributed by atoms with E-state index < -0.39 is 30.4 Å². The molecule has 32 heavy (non-hydrogen) atoms. The summed E-state index contributed by atoms with van der Waals surface area (Å²) in [5.74, 6) is -1.51. The molecule has 3 aromatic rings. The van der Waals surface area contributed by atoms with Crippen LogP contribution in [0.5, 0.6) is 0 Å². The van der Waals surface area contributed by atoms with Crippen LogP contribution in [0.4, 0.5) is 0 Å². The number of nitrogens with zero attached hydrogens (tertiary/aromatic N) is 1. The summed E-state index contributed by atoms with van der Waals surface area (Å²) in [6.07, 6.45) is 1.86. The van der Waals surface area contributed by atoms with Gasteiger partial charge in [0.2, 0.25) is 5.78 Å². The van der Waals surface area contributed by atoms with Crippen molar-refractivity contribution in [2.24, 2.45) is 0 Å². The minimum Gasteiger partial charge on any atom is -0.310 e. The molecule has 0 unspecified atom stereocenters. The minimum atomic E-state index is -4.13. The highest BCUT2D eigenvalue weighted by atomic mass is 32.2. The molecule has 1 aromatic carbocycles. The zero-order valence-corrected chi connectivity index (χ0v) is 19.8. The van der Waals surface area contributed by atoms with Crippen molar-refractivity contribution in [1.82, 2.24) is 4.40 Å². The van der Waals surface area contributed by atoms with Gasteiger partial charge in [-0.3, -0.25) is 9.59 Å². The summed E-state index contributed by atoms with van der Waals surface area (Å²) in [6, 6.07) is 10.9. The predicted molar refractivity (Wildman–Crippen MR) is 122 cm³/mol. The minimum absolute atomic E-state index is 0.0670. The fraction of sp³-hybridized carbons (Fsp3) is 0.304. The van der Waals surface area contributed by atoms with Crippen LogP contribution in [-0.4, -0.2) is 44.3 Å². The molecule has 0 fully saturated rings. The molecule has 0 amide bonds.